The molecule has 2 rings (SSSR count). The van der Waals surface area contributed by atoms with E-state index in [0.717, 1.165) is 19.3 Å². The van der Waals surface area contributed by atoms with Gasteiger partial charge in [-0.2, -0.15) is 0 Å². The number of carbonyl (C=O) groups is 1. The molecule has 3 heteroatoms. The minimum Gasteiger partial charge on any atom is -0.353 e. The molecule has 2 nitrogen and oxygen atoms in total. The Morgan fingerprint density at radius 3 is 2.50 bits per heavy atom. The quantitative estimate of drug-likeness (QED) is 0.776. The molecule has 2 aliphatic carbocycles. The molecule has 2 aliphatic rings. The van der Waals surface area contributed by atoms with Crippen LogP contribution in [0, 0.1) is 11.3 Å². The molecule has 0 aliphatic heterocycles. The maximum absolute atomic E-state index is 12.5. The largest absolute Gasteiger partial charge is 0.353 e. The fourth-order valence-electron chi connectivity index (χ4n) is 3.48. The van der Waals surface area contributed by atoms with E-state index in [1.807, 2.05) is 0 Å². The number of nitrogens with one attached hydrogen (secondary N) is 1. The molecule has 1 N–H and O–H groups in total. The predicted octanol–water partition coefficient (Wildman–Crippen LogP) is 3.87. The lowest BCUT2D eigenvalue weighted by Crippen LogP contribution is -2.49. The van der Waals surface area contributed by atoms with E-state index in [1.165, 1.54) is 38.5 Å². The van der Waals surface area contributed by atoms with Crippen LogP contribution in [0.4, 0.5) is 0 Å². The number of hydrogen-bond acceptors (Lipinski definition) is 1. The molecule has 18 heavy (non-hydrogen) atoms. The summed E-state index contributed by atoms with van der Waals surface area (Å²) < 4.78 is 0. The van der Waals surface area contributed by atoms with Crippen molar-refractivity contribution in [1.29, 1.82) is 0 Å². The maximum Gasteiger partial charge on any atom is 0.226 e. The summed E-state index contributed by atoms with van der Waals surface area (Å²) in [6.45, 7) is 2.14. The van der Waals surface area contributed by atoms with E-state index in [1.54, 1.807) is 0 Å². The fraction of sp³-hybridized carbons (Fsp3) is 0.933. The monoisotopic (exact) mass is 271 g/mol. The summed E-state index contributed by atoms with van der Waals surface area (Å²) in [5, 5.41) is 3.31. The molecular formula is C15H26ClNO. The Bertz CT molecular complexity index is 286. The Morgan fingerprint density at radius 1 is 1.17 bits per heavy atom. The topological polar surface area (TPSA) is 29.1 Å². The minimum absolute atomic E-state index is 0.118. The van der Waals surface area contributed by atoms with E-state index in [2.05, 4.69) is 12.2 Å². The molecule has 0 saturated heterocycles. The molecule has 0 bridgehead atoms. The first-order chi connectivity index (χ1) is 8.65. The third kappa shape index (κ3) is 3.20. The van der Waals surface area contributed by atoms with Crippen LogP contribution < -0.4 is 5.32 Å². The first kappa shape index (κ1) is 14.2. The van der Waals surface area contributed by atoms with Crippen molar-refractivity contribution in [2.75, 3.05) is 5.88 Å². The van der Waals surface area contributed by atoms with Crippen molar-refractivity contribution < 1.29 is 4.79 Å². The van der Waals surface area contributed by atoms with Gasteiger partial charge in [0.1, 0.15) is 0 Å². The lowest BCUT2D eigenvalue weighted by Gasteiger charge is -2.37. The summed E-state index contributed by atoms with van der Waals surface area (Å²) in [6.07, 6.45) is 10.6. The molecule has 0 aromatic heterocycles. The Balaban J connectivity index is 1.92. The third-order valence-electron chi connectivity index (χ3n) is 4.93. The van der Waals surface area contributed by atoms with Crippen LogP contribution in [-0.2, 0) is 4.79 Å². The molecule has 2 unspecified atom stereocenters. The van der Waals surface area contributed by atoms with E-state index in [9.17, 15) is 4.79 Å². The lowest BCUT2D eigenvalue weighted by atomic mass is 9.74. The number of amides is 1. The van der Waals surface area contributed by atoms with E-state index >= 15 is 0 Å². The van der Waals surface area contributed by atoms with Gasteiger partial charge in [0.25, 0.3) is 0 Å². The van der Waals surface area contributed by atoms with Crippen LogP contribution in [0.5, 0.6) is 0 Å². The van der Waals surface area contributed by atoms with Crippen molar-refractivity contribution in [3.8, 4) is 0 Å². The van der Waals surface area contributed by atoms with Crippen LogP contribution in [0.2, 0.25) is 0 Å². The molecule has 0 aromatic rings. The zero-order chi connectivity index (χ0) is 13.0. The second-order valence-electron chi connectivity index (χ2n) is 6.40. The average molecular weight is 272 g/mol. The molecule has 2 atom stereocenters. The van der Waals surface area contributed by atoms with Crippen LogP contribution in [-0.4, -0.2) is 17.8 Å². The summed E-state index contributed by atoms with van der Waals surface area (Å²) >= 11 is 6.03. The van der Waals surface area contributed by atoms with Crippen LogP contribution in [0.15, 0.2) is 0 Å². The van der Waals surface area contributed by atoms with Crippen molar-refractivity contribution in [3.05, 3.63) is 0 Å². The molecule has 0 spiro atoms. The van der Waals surface area contributed by atoms with Gasteiger partial charge in [-0.15, -0.1) is 11.6 Å². The second-order valence-corrected chi connectivity index (χ2v) is 6.71. The van der Waals surface area contributed by atoms with Gasteiger partial charge in [0.2, 0.25) is 5.91 Å². The summed E-state index contributed by atoms with van der Waals surface area (Å²) in [5.41, 5.74) is -0.118. The van der Waals surface area contributed by atoms with Gasteiger partial charge in [-0.05, 0) is 31.6 Å². The Kier molecular flexibility index (Phi) is 4.94. The Hall–Kier alpha value is -0.240. The molecule has 1 amide bonds. The molecule has 104 valence electrons. The Labute approximate surface area is 116 Å². The van der Waals surface area contributed by atoms with Gasteiger partial charge >= 0.3 is 0 Å². The third-order valence-corrected chi connectivity index (χ3v) is 5.33. The smallest absolute Gasteiger partial charge is 0.226 e. The highest BCUT2D eigenvalue weighted by atomic mass is 35.5. The highest BCUT2D eigenvalue weighted by Crippen LogP contribution is 2.36. The van der Waals surface area contributed by atoms with Crippen LogP contribution in [0.3, 0.4) is 0 Å². The Morgan fingerprint density at radius 2 is 1.83 bits per heavy atom. The van der Waals surface area contributed by atoms with Crippen LogP contribution in [0.1, 0.15) is 64.7 Å². The molecule has 2 saturated carbocycles. The number of alkyl halides is 1. The highest BCUT2D eigenvalue weighted by molar-refractivity contribution is 6.18. The van der Waals surface area contributed by atoms with E-state index in [-0.39, 0.29) is 11.3 Å². The number of hydrogen-bond donors (Lipinski definition) is 1. The summed E-state index contributed by atoms with van der Waals surface area (Å²) in [5.74, 6) is 1.45. The van der Waals surface area contributed by atoms with E-state index in [0.29, 0.717) is 17.8 Å². The molecule has 2 fully saturated rings. The van der Waals surface area contributed by atoms with Gasteiger partial charge in [-0.1, -0.05) is 39.0 Å². The van der Waals surface area contributed by atoms with Gasteiger partial charge in [0.05, 0.1) is 0 Å². The maximum atomic E-state index is 12.5. The number of halogens is 1. The van der Waals surface area contributed by atoms with Crippen molar-refractivity contribution in [2.24, 2.45) is 11.3 Å². The lowest BCUT2D eigenvalue weighted by molar-refractivity contribution is -0.133. The van der Waals surface area contributed by atoms with E-state index in [4.69, 9.17) is 11.6 Å². The van der Waals surface area contributed by atoms with Gasteiger partial charge in [-0.3, -0.25) is 4.79 Å². The molecule has 0 aromatic carbocycles. The van der Waals surface area contributed by atoms with Gasteiger partial charge in [0, 0.05) is 17.3 Å². The molecule has 0 heterocycles. The van der Waals surface area contributed by atoms with Crippen LogP contribution in [0.25, 0.3) is 0 Å². The van der Waals surface area contributed by atoms with Crippen LogP contribution >= 0.6 is 11.6 Å². The zero-order valence-electron chi connectivity index (χ0n) is 11.5. The minimum atomic E-state index is -0.118. The van der Waals surface area contributed by atoms with Crippen molar-refractivity contribution in [3.63, 3.8) is 0 Å². The first-order valence-corrected chi connectivity index (χ1v) is 8.06. The fourth-order valence-corrected chi connectivity index (χ4v) is 3.85. The molecule has 0 radical (unpaired) electrons. The van der Waals surface area contributed by atoms with E-state index < -0.39 is 0 Å². The average Bonchev–Trinajstić information content (AvgIpc) is 2.40. The van der Waals surface area contributed by atoms with Gasteiger partial charge in [0.15, 0.2) is 0 Å². The normalized spacial score (nSPS) is 31.9. The summed E-state index contributed by atoms with van der Waals surface area (Å²) in [6, 6.07) is 0.322. The van der Waals surface area contributed by atoms with Crippen molar-refractivity contribution in [2.45, 2.75) is 70.8 Å². The van der Waals surface area contributed by atoms with Crippen molar-refractivity contribution >= 4 is 17.5 Å². The van der Waals surface area contributed by atoms with Gasteiger partial charge < -0.3 is 5.32 Å². The SMILES string of the molecule is CC1(C(=O)NC2CCCCC2CCl)CCCCC1. The van der Waals surface area contributed by atoms with Gasteiger partial charge in [-0.25, -0.2) is 0 Å². The molecular weight excluding hydrogens is 246 g/mol. The number of carbonyl (C=O) groups excluding carboxylic acids is 1. The summed E-state index contributed by atoms with van der Waals surface area (Å²) in [4.78, 5) is 12.5. The number of rotatable bonds is 3. The standard InChI is InChI=1S/C15H26ClNO/c1-15(9-5-2-6-10-15)14(18)17-13-8-4-3-7-12(13)11-16/h12-13H,2-11H2,1H3,(H,17,18). The van der Waals surface area contributed by atoms with Crippen molar-refractivity contribution in [1.82, 2.24) is 5.32 Å². The predicted molar refractivity (Wildman–Crippen MR) is 75.8 cm³/mol. The zero-order valence-corrected chi connectivity index (χ0v) is 12.3. The summed E-state index contributed by atoms with van der Waals surface area (Å²) in [7, 11) is 0. The highest BCUT2D eigenvalue weighted by Gasteiger charge is 2.36. The second kappa shape index (κ2) is 6.27. The first-order valence-electron chi connectivity index (χ1n) is 7.53.